The number of nitrogens with zero attached hydrogens (tertiary/aromatic N) is 2. The van der Waals surface area contributed by atoms with Crippen LogP contribution in [0.15, 0.2) is 23.1 Å². The van der Waals surface area contributed by atoms with Crippen molar-refractivity contribution in [3.8, 4) is 0 Å². The van der Waals surface area contributed by atoms with Gasteiger partial charge in [-0.05, 0) is 49.9 Å². The Labute approximate surface area is 161 Å². The van der Waals surface area contributed by atoms with Crippen molar-refractivity contribution in [3.05, 3.63) is 29.3 Å². The summed E-state index contributed by atoms with van der Waals surface area (Å²) in [6.07, 6.45) is 2.18. The zero-order chi connectivity index (χ0) is 19.4. The van der Waals surface area contributed by atoms with Gasteiger partial charge in [0.15, 0.2) is 0 Å². The Bertz CT molecular complexity index is 767. The van der Waals surface area contributed by atoms with Crippen molar-refractivity contribution < 1.29 is 17.9 Å². The third-order valence-corrected chi connectivity index (χ3v) is 7.26. The first-order valence-corrected chi connectivity index (χ1v) is 11.0. The monoisotopic (exact) mass is 395 g/mol. The van der Waals surface area contributed by atoms with Crippen molar-refractivity contribution in [1.82, 2.24) is 14.5 Å². The first kappa shape index (κ1) is 20.3. The van der Waals surface area contributed by atoms with Crippen LogP contribution < -0.4 is 5.32 Å². The van der Waals surface area contributed by atoms with Crippen molar-refractivity contribution in [2.24, 2.45) is 0 Å². The third-order valence-electron chi connectivity index (χ3n) is 5.37. The fourth-order valence-electron chi connectivity index (χ4n) is 3.44. The summed E-state index contributed by atoms with van der Waals surface area (Å²) in [5.41, 5.74) is 2.05. The Morgan fingerprint density at radius 3 is 2.56 bits per heavy atom. The van der Waals surface area contributed by atoms with Crippen LogP contribution >= 0.6 is 0 Å². The highest BCUT2D eigenvalue weighted by Crippen LogP contribution is 2.20. The molecule has 1 amide bonds. The topological polar surface area (TPSA) is 79.0 Å². The summed E-state index contributed by atoms with van der Waals surface area (Å²) in [4.78, 5) is 14.4. The Balaban J connectivity index is 1.49. The van der Waals surface area contributed by atoms with Crippen LogP contribution in [0, 0.1) is 13.8 Å². The number of rotatable bonds is 6. The van der Waals surface area contributed by atoms with E-state index in [-0.39, 0.29) is 12.0 Å². The Hall–Kier alpha value is -1.48. The predicted molar refractivity (Wildman–Crippen MR) is 103 cm³/mol. The minimum atomic E-state index is -3.48. The maximum Gasteiger partial charge on any atom is 0.243 e. The molecule has 1 aromatic rings. The van der Waals surface area contributed by atoms with Crippen molar-refractivity contribution in [2.75, 3.05) is 45.9 Å². The molecule has 0 bridgehead atoms. The summed E-state index contributed by atoms with van der Waals surface area (Å²) in [6.45, 7) is 7.41. The molecule has 0 aliphatic carbocycles. The number of hydrogen-bond acceptors (Lipinski definition) is 5. The van der Waals surface area contributed by atoms with Gasteiger partial charge < -0.3 is 10.1 Å². The second kappa shape index (κ2) is 8.68. The largest absolute Gasteiger partial charge is 0.376 e. The number of aryl methyl sites for hydroxylation is 2. The van der Waals surface area contributed by atoms with Gasteiger partial charge >= 0.3 is 0 Å². The van der Waals surface area contributed by atoms with Gasteiger partial charge in [0.05, 0.1) is 17.5 Å². The molecule has 0 radical (unpaired) electrons. The summed E-state index contributed by atoms with van der Waals surface area (Å²) < 4.78 is 32.7. The Morgan fingerprint density at radius 1 is 1.19 bits per heavy atom. The second-order valence-electron chi connectivity index (χ2n) is 7.37. The number of sulfonamides is 1. The average Bonchev–Trinajstić information content (AvgIpc) is 3.16. The zero-order valence-electron chi connectivity index (χ0n) is 16.1. The highest BCUT2D eigenvalue weighted by Gasteiger charge is 2.29. The highest BCUT2D eigenvalue weighted by molar-refractivity contribution is 7.89. The maximum atomic E-state index is 12.8. The number of carbonyl (C=O) groups is 1. The van der Waals surface area contributed by atoms with Crippen molar-refractivity contribution in [1.29, 1.82) is 0 Å². The lowest BCUT2D eigenvalue weighted by Gasteiger charge is -2.33. The number of nitrogens with one attached hydrogen (secondary N) is 1. The molecular weight excluding hydrogens is 366 g/mol. The average molecular weight is 396 g/mol. The molecule has 1 atom stereocenters. The summed E-state index contributed by atoms with van der Waals surface area (Å²) in [7, 11) is -3.48. The number of piperazine rings is 1. The van der Waals surface area contributed by atoms with E-state index in [0.29, 0.717) is 44.2 Å². The van der Waals surface area contributed by atoms with E-state index in [2.05, 4.69) is 5.32 Å². The van der Waals surface area contributed by atoms with Crippen molar-refractivity contribution in [2.45, 2.75) is 37.7 Å². The number of hydrogen-bond donors (Lipinski definition) is 1. The molecule has 2 aliphatic rings. The first-order chi connectivity index (χ1) is 12.9. The van der Waals surface area contributed by atoms with Gasteiger partial charge in [-0.25, -0.2) is 8.42 Å². The van der Waals surface area contributed by atoms with Gasteiger partial charge in [0.1, 0.15) is 0 Å². The van der Waals surface area contributed by atoms with Crippen LogP contribution in [0.5, 0.6) is 0 Å². The third kappa shape index (κ3) is 5.07. The molecule has 1 N–H and O–H groups in total. The van der Waals surface area contributed by atoms with Gasteiger partial charge in [0.25, 0.3) is 0 Å². The lowest BCUT2D eigenvalue weighted by atomic mass is 10.1. The Morgan fingerprint density at radius 2 is 1.93 bits per heavy atom. The number of carbonyl (C=O) groups excluding carboxylic acids is 1. The van der Waals surface area contributed by atoms with Crippen LogP contribution in [0.25, 0.3) is 0 Å². The molecule has 3 rings (SSSR count). The van der Waals surface area contributed by atoms with Crippen molar-refractivity contribution >= 4 is 15.9 Å². The second-order valence-corrected chi connectivity index (χ2v) is 9.30. The number of ether oxygens (including phenoxy) is 1. The predicted octanol–water partition coefficient (Wildman–Crippen LogP) is 0.905. The molecule has 0 aromatic heterocycles. The van der Waals surface area contributed by atoms with E-state index < -0.39 is 10.0 Å². The highest BCUT2D eigenvalue weighted by atomic mass is 32.2. The van der Waals surface area contributed by atoms with E-state index in [9.17, 15) is 13.2 Å². The molecule has 0 unspecified atom stereocenters. The minimum Gasteiger partial charge on any atom is -0.376 e. The molecule has 2 aliphatic heterocycles. The molecule has 7 nitrogen and oxygen atoms in total. The van der Waals surface area contributed by atoms with Crippen LogP contribution in [0.1, 0.15) is 24.0 Å². The van der Waals surface area contributed by atoms with E-state index in [4.69, 9.17) is 4.74 Å². The summed E-state index contributed by atoms with van der Waals surface area (Å²) in [5.74, 6) is -0.0315. The van der Waals surface area contributed by atoms with Crippen molar-refractivity contribution in [3.63, 3.8) is 0 Å². The molecule has 150 valence electrons. The molecule has 0 spiro atoms. The normalized spacial score (nSPS) is 22.1. The van der Waals surface area contributed by atoms with E-state index in [0.717, 1.165) is 30.6 Å². The van der Waals surface area contributed by atoms with E-state index in [1.165, 1.54) is 4.31 Å². The molecule has 8 heteroatoms. The smallest absolute Gasteiger partial charge is 0.243 e. The molecular formula is C19H29N3O4S. The summed E-state index contributed by atoms with van der Waals surface area (Å²) >= 11 is 0. The Kier molecular flexibility index (Phi) is 6.52. The SMILES string of the molecule is Cc1ccc(S(=O)(=O)N2CCN(CC(=O)NC[C@@H]3CCCO3)CC2)cc1C. The van der Waals surface area contributed by atoms with Crippen LogP contribution in [0.2, 0.25) is 0 Å². The van der Waals surface area contributed by atoms with Gasteiger partial charge in [-0.3, -0.25) is 9.69 Å². The van der Waals surface area contributed by atoms with Gasteiger partial charge in [-0.1, -0.05) is 6.07 Å². The van der Waals surface area contributed by atoms with E-state index >= 15 is 0 Å². The van der Waals surface area contributed by atoms with Crippen LogP contribution in [-0.2, 0) is 19.6 Å². The summed E-state index contributed by atoms with van der Waals surface area (Å²) in [6, 6.07) is 5.25. The molecule has 2 saturated heterocycles. The number of benzene rings is 1. The fourth-order valence-corrected chi connectivity index (χ4v) is 4.95. The molecule has 2 fully saturated rings. The lowest BCUT2D eigenvalue weighted by molar-refractivity contribution is -0.123. The molecule has 27 heavy (non-hydrogen) atoms. The quantitative estimate of drug-likeness (QED) is 0.774. The first-order valence-electron chi connectivity index (χ1n) is 9.54. The van der Waals surface area contributed by atoms with Gasteiger partial charge in [-0.15, -0.1) is 0 Å². The fraction of sp³-hybridized carbons (Fsp3) is 0.632. The van der Waals surface area contributed by atoms with Crippen LogP contribution in [0.4, 0.5) is 0 Å². The van der Waals surface area contributed by atoms with E-state index in [1.54, 1.807) is 12.1 Å². The van der Waals surface area contributed by atoms with Crippen LogP contribution in [-0.4, -0.2) is 75.5 Å². The molecule has 2 heterocycles. The number of amides is 1. The molecule has 1 aromatic carbocycles. The van der Waals surface area contributed by atoms with Gasteiger partial charge in [-0.2, -0.15) is 4.31 Å². The van der Waals surface area contributed by atoms with Crippen LogP contribution in [0.3, 0.4) is 0 Å². The minimum absolute atomic E-state index is 0.0315. The zero-order valence-corrected chi connectivity index (χ0v) is 16.9. The standard InChI is InChI=1S/C19H29N3O4S/c1-15-5-6-18(12-16(15)2)27(24,25)22-9-7-21(8-10-22)14-19(23)20-13-17-4-3-11-26-17/h5-6,12,17H,3-4,7-11,13-14H2,1-2H3,(H,20,23)/t17-/m0/s1. The maximum absolute atomic E-state index is 12.8. The molecule has 0 saturated carbocycles. The van der Waals surface area contributed by atoms with Gasteiger partial charge in [0.2, 0.25) is 15.9 Å². The van der Waals surface area contributed by atoms with Gasteiger partial charge in [0, 0.05) is 39.3 Å². The lowest BCUT2D eigenvalue weighted by Crippen LogP contribution is -2.51. The van der Waals surface area contributed by atoms with E-state index in [1.807, 2.05) is 24.8 Å². The summed E-state index contributed by atoms with van der Waals surface area (Å²) in [5, 5.41) is 2.91.